The van der Waals surface area contributed by atoms with Gasteiger partial charge in [-0.2, -0.15) is 0 Å². The van der Waals surface area contributed by atoms with Gasteiger partial charge >= 0.3 is 19.8 Å². The van der Waals surface area contributed by atoms with Gasteiger partial charge in [-0.25, -0.2) is 4.57 Å². The summed E-state index contributed by atoms with van der Waals surface area (Å²) >= 11 is 0. The van der Waals surface area contributed by atoms with Crippen LogP contribution in [0.1, 0.15) is 129 Å². The molecule has 0 bridgehead atoms. The van der Waals surface area contributed by atoms with E-state index in [0.29, 0.717) is 19.1 Å². The lowest BCUT2D eigenvalue weighted by Crippen LogP contribution is -2.29. The molecular formula is C27H51O9P. The molecule has 0 aliphatic heterocycles. The molecular weight excluding hydrogens is 499 g/mol. The Morgan fingerprint density at radius 3 is 1.81 bits per heavy atom. The Kier molecular flexibility index (Phi) is 24.2. The summed E-state index contributed by atoms with van der Waals surface area (Å²) in [6.07, 6.45) is 16.8. The molecule has 0 heterocycles. The number of hydrogen-bond donors (Lipinski definition) is 1. The maximum atomic E-state index is 12.1. The molecule has 218 valence electrons. The smallest absolute Gasteiger partial charge is 0.462 e. The third kappa shape index (κ3) is 24.8. The summed E-state index contributed by atoms with van der Waals surface area (Å²) in [5, 5.41) is 0. The summed E-state index contributed by atoms with van der Waals surface area (Å²) in [4.78, 5) is 44.2. The van der Waals surface area contributed by atoms with E-state index in [9.17, 15) is 23.8 Å². The molecule has 0 spiro atoms. The summed E-state index contributed by atoms with van der Waals surface area (Å²) in [6, 6.07) is 0. The van der Waals surface area contributed by atoms with Crippen molar-refractivity contribution in [1.29, 1.82) is 0 Å². The third-order valence-electron chi connectivity index (χ3n) is 5.80. The van der Waals surface area contributed by atoms with Crippen molar-refractivity contribution in [3.05, 3.63) is 0 Å². The van der Waals surface area contributed by atoms with Gasteiger partial charge in [0.25, 0.3) is 0 Å². The van der Waals surface area contributed by atoms with Crippen LogP contribution >= 0.6 is 7.82 Å². The molecule has 0 aliphatic carbocycles. The van der Waals surface area contributed by atoms with Gasteiger partial charge in [-0.1, -0.05) is 90.9 Å². The fraction of sp³-hybridized carbons (Fsp3) is 0.889. The molecule has 0 radical (unpaired) electrons. The maximum Gasteiger partial charge on any atom is 0.472 e. The van der Waals surface area contributed by atoms with Gasteiger partial charge < -0.3 is 19.2 Å². The maximum absolute atomic E-state index is 12.1. The molecule has 1 N–H and O–H groups in total. The number of carbonyl (C=O) groups excluding carboxylic acids is 3. The first-order chi connectivity index (χ1) is 17.8. The van der Waals surface area contributed by atoms with Crippen LogP contribution in [0, 0.1) is 0 Å². The van der Waals surface area contributed by atoms with E-state index in [1.807, 2.05) is 0 Å². The molecule has 10 heteroatoms. The van der Waals surface area contributed by atoms with Gasteiger partial charge in [-0.15, -0.1) is 0 Å². The zero-order chi connectivity index (χ0) is 27.6. The molecule has 1 unspecified atom stereocenters. The number of phosphoric acid groups is 1. The Balaban J connectivity index is 4.12. The molecule has 0 aliphatic rings. The average molecular weight is 551 g/mol. The van der Waals surface area contributed by atoms with Gasteiger partial charge in [0.1, 0.15) is 12.9 Å². The van der Waals surface area contributed by atoms with Crippen molar-refractivity contribution in [3.8, 4) is 0 Å². The highest BCUT2D eigenvalue weighted by molar-refractivity contribution is 7.47. The molecule has 0 aromatic rings. The van der Waals surface area contributed by atoms with Crippen molar-refractivity contribution in [2.75, 3.05) is 19.8 Å². The number of ether oxygens (including phenoxy) is 2. The summed E-state index contributed by atoms with van der Waals surface area (Å²) in [5.74, 6) is -1.02. The van der Waals surface area contributed by atoms with Crippen molar-refractivity contribution in [2.24, 2.45) is 0 Å². The van der Waals surface area contributed by atoms with Gasteiger partial charge in [0.05, 0.1) is 13.2 Å². The first kappa shape index (κ1) is 35.7. The number of phosphoric ester groups is 1. The van der Waals surface area contributed by atoms with Crippen molar-refractivity contribution < 1.29 is 42.4 Å². The van der Waals surface area contributed by atoms with Crippen LogP contribution in [0.3, 0.4) is 0 Å². The van der Waals surface area contributed by atoms with E-state index in [1.54, 1.807) is 6.92 Å². The number of hydrogen-bond acceptors (Lipinski definition) is 8. The molecule has 2 atom stereocenters. The minimum absolute atomic E-state index is 0.00522. The van der Waals surface area contributed by atoms with Crippen molar-refractivity contribution in [3.63, 3.8) is 0 Å². The molecule has 0 aromatic carbocycles. The number of esters is 2. The van der Waals surface area contributed by atoms with Crippen molar-refractivity contribution in [1.82, 2.24) is 0 Å². The van der Waals surface area contributed by atoms with Crippen LogP contribution in [0.5, 0.6) is 0 Å². The average Bonchev–Trinajstić information content (AvgIpc) is 2.87. The van der Waals surface area contributed by atoms with Gasteiger partial charge in [0.15, 0.2) is 6.10 Å². The summed E-state index contributed by atoms with van der Waals surface area (Å²) in [6.45, 7) is 3.31. The second kappa shape index (κ2) is 25.0. The molecule has 0 aromatic heterocycles. The Morgan fingerprint density at radius 2 is 1.27 bits per heavy atom. The minimum atomic E-state index is -4.30. The predicted octanol–water partition coefficient (Wildman–Crippen LogP) is 6.84. The summed E-state index contributed by atoms with van der Waals surface area (Å²) < 4.78 is 32.0. The monoisotopic (exact) mass is 550 g/mol. The van der Waals surface area contributed by atoms with Crippen molar-refractivity contribution in [2.45, 2.75) is 136 Å². The third-order valence-corrected chi connectivity index (χ3v) is 6.78. The fourth-order valence-electron chi connectivity index (χ4n) is 3.66. The molecule has 0 rings (SSSR count). The lowest BCUT2D eigenvalue weighted by atomic mass is 10.0. The molecule has 0 fully saturated rings. The van der Waals surface area contributed by atoms with Crippen LogP contribution in [-0.4, -0.2) is 49.0 Å². The van der Waals surface area contributed by atoms with E-state index in [1.165, 1.54) is 64.2 Å². The van der Waals surface area contributed by atoms with Crippen LogP contribution in [0.25, 0.3) is 0 Å². The quantitative estimate of drug-likeness (QED) is 0.0506. The second-order valence-corrected chi connectivity index (χ2v) is 10.9. The highest BCUT2D eigenvalue weighted by Gasteiger charge is 2.25. The normalized spacial score (nSPS) is 13.6. The highest BCUT2D eigenvalue weighted by Crippen LogP contribution is 2.43. The van der Waals surface area contributed by atoms with E-state index in [0.717, 1.165) is 19.3 Å². The second-order valence-electron chi connectivity index (χ2n) is 9.44. The molecule has 0 saturated carbocycles. The first-order valence-electron chi connectivity index (χ1n) is 14.2. The van der Waals surface area contributed by atoms with E-state index in [-0.39, 0.29) is 32.5 Å². The van der Waals surface area contributed by atoms with Crippen LogP contribution in [0.2, 0.25) is 0 Å². The van der Waals surface area contributed by atoms with Gasteiger partial charge in [-0.05, 0) is 19.3 Å². The Hall–Kier alpha value is -1.28. The lowest BCUT2D eigenvalue weighted by Gasteiger charge is -2.19. The first-order valence-corrected chi connectivity index (χ1v) is 15.7. The number of aldehydes is 1. The Morgan fingerprint density at radius 1 is 0.730 bits per heavy atom. The summed E-state index contributed by atoms with van der Waals surface area (Å²) in [5.41, 5.74) is 0. The van der Waals surface area contributed by atoms with Crippen LogP contribution in [-0.2, 0) is 37.5 Å². The predicted molar refractivity (Wildman–Crippen MR) is 143 cm³/mol. The number of rotatable bonds is 27. The molecule has 0 amide bonds. The number of unbranched alkanes of at least 4 members (excludes halogenated alkanes) is 13. The van der Waals surface area contributed by atoms with E-state index in [4.69, 9.17) is 18.5 Å². The standard InChI is InChI=1S/C27H51O9P/c1-3-5-6-7-8-9-10-11-12-13-14-15-16-19-26(29)33-23-25(36-27(30)20-17-18-21-28)24-35-37(31,32)34-22-4-2/h21,25H,3-20,22-24H2,1-2H3,(H,31,32)/t25-/m1/s1. The molecule has 0 saturated heterocycles. The molecule has 37 heavy (non-hydrogen) atoms. The topological polar surface area (TPSA) is 125 Å². The SMILES string of the molecule is CCCCCCCCCCCCCCCC(=O)OC[C@H](COP(=O)(O)OCCC)OC(=O)CCCC=O. The lowest BCUT2D eigenvalue weighted by molar-refractivity contribution is -0.161. The van der Waals surface area contributed by atoms with Gasteiger partial charge in [0.2, 0.25) is 0 Å². The van der Waals surface area contributed by atoms with E-state index >= 15 is 0 Å². The molecule has 9 nitrogen and oxygen atoms in total. The van der Waals surface area contributed by atoms with Crippen LogP contribution < -0.4 is 0 Å². The largest absolute Gasteiger partial charge is 0.472 e. The summed E-state index contributed by atoms with van der Waals surface area (Å²) in [7, 11) is -4.30. The zero-order valence-corrected chi connectivity index (χ0v) is 24.1. The van der Waals surface area contributed by atoms with Gasteiger partial charge in [0, 0.05) is 19.3 Å². The van der Waals surface area contributed by atoms with Crippen LogP contribution in [0.4, 0.5) is 0 Å². The van der Waals surface area contributed by atoms with Crippen LogP contribution in [0.15, 0.2) is 0 Å². The van der Waals surface area contributed by atoms with E-state index < -0.39 is 32.5 Å². The van der Waals surface area contributed by atoms with Gasteiger partial charge in [-0.3, -0.25) is 18.6 Å². The van der Waals surface area contributed by atoms with E-state index in [2.05, 4.69) is 6.92 Å². The number of carbonyl (C=O) groups is 3. The fourth-order valence-corrected chi connectivity index (χ4v) is 4.50. The highest BCUT2D eigenvalue weighted by atomic mass is 31.2. The Bertz CT molecular complexity index is 627. The zero-order valence-electron chi connectivity index (χ0n) is 23.2. The minimum Gasteiger partial charge on any atom is -0.462 e. The Labute approximate surface area is 224 Å². The van der Waals surface area contributed by atoms with Crippen molar-refractivity contribution >= 4 is 26.0 Å².